The Morgan fingerprint density at radius 3 is 2.65 bits per heavy atom. The minimum atomic E-state index is -1.03. The molecule has 0 fully saturated rings. The predicted octanol–water partition coefficient (Wildman–Crippen LogP) is 5.11. The molecule has 0 saturated carbocycles. The molecule has 4 rings (SSSR count). The van der Waals surface area contributed by atoms with Crippen LogP contribution in [0.15, 0.2) is 63.5 Å². The first-order valence-electron chi connectivity index (χ1n) is 6.94. The summed E-state index contributed by atoms with van der Waals surface area (Å²) >= 11 is 3.39. The monoisotopic (exact) mass is 367 g/mol. The van der Waals surface area contributed by atoms with Gasteiger partial charge >= 0.3 is 5.97 Å². The maximum Gasteiger partial charge on any atom is 0.338 e. The second kappa shape index (κ2) is 5.21. The summed E-state index contributed by atoms with van der Waals surface area (Å²) in [6, 6.07) is 16.5. The van der Waals surface area contributed by atoms with Crippen LogP contribution in [-0.4, -0.2) is 16.1 Å². The van der Waals surface area contributed by atoms with Crippen LogP contribution in [0.2, 0.25) is 0 Å². The van der Waals surface area contributed by atoms with Gasteiger partial charge in [0.2, 0.25) is 0 Å². The van der Waals surface area contributed by atoms with Gasteiger partial charge in [-0.25, -0.2) is 9.78 Å². The molecule has 2 aromatic carbocycles. The Labute approximate surface area is 139 Å². The lowest BCUT2D eigenvalue weighted by Gasteiger charge is -2.06. The Kier molecular flexibility index (Phi) is 3.16. The number of pyridine rings is 1. The fraction of sp³-hybridized carbons (Fsp3) is 0. The molecule has 4 nitrogen and oxygen atoms in total. The lowest BCUT2D eigenvalue weighted by Crippen LogP contribution is -2.01. The number of benzene rings is 2. The van der Waals surface area contributed by atoms with Crippen LogP contribution < -0.4 is 0 Å². The minimum Gasteiger partial charge on any atom is -0.478 e. The van der Waals surface area contributed by atoms with Crippen molar-refractivity contribution in [2.45, 2.75) is 0 Å². The van der Waals surface area contributed by atoms with Gasteiger partial charge in [-0.1, -0.05) is 34.1 Å². The molecule has 0 radical (unpaired) electrons. The van der Waals surface area contributed by atoms with E-state index in [2.05, 4.69) is 20.9 Å². The second-order valence-electron chi connectivity index (χ2n) is 5.18. The van der Waals surface area contributed by atoms with Crippen LogP contribution in [0.5, 0.6) is 0 Å². The van der Waals surface area contributed by atoms with Crippen LogP contribution in [0.4, 0.5) is 0 Å². The molecule has 0 unspecified atom stereocenters. The van der Waals surface area contributed by atoms with Crippen LogP contribution in [0.1, 0.15) is 10.4 Å². The highest BCUT2D eigenvalue weighted by atomic mass is 79.9. The summed E-state index contributed by atoms with van der Waals surface area (Å²) in [5.74, 6) is -0.580. The van der Waals surface area contributed by atoms with Gasteiger partial charge in [-0.3, -0.25) is 0 Å². The first-order valence-corrected chi connectivity index (χ1v) is 7.74. The standard InChI is InChI=1S/C18H10BrNO3/c19-12-5-6-14-11(7-12)8-13(18(21)22)17(20-14)16-9-10-3-1-2-4-15(10)23-16/h1-9H,(H,21,22). The number of furan rings is 1. The van der Waals surface area contributed by atoms with Crippen molar-refractivity contribution in [2.24, 2.45) is 0 Å². The third-order valence-electron chi connectivity index (χ3n) is 3.67. The van der Waals surface area contributed by atoms with Gasteiger partial charge in [0.15, 0.2) is 5.76 Å². The average molecular weight is 368 g/mol. The zero-order valence-electron chi connectivity index (χ0n) is 11.8. The first kappa shape index (κ1) is 14.0. The van der Waals surface area contributed by atoms with E-state index in [-0.39, 0.29) is 5.56 Å². The first-order chi connectivity index (χ1) is 11.1. The van der Waals surface area contributed by atoms with Gasteiger partial charge in [0.05, 0.1) is 11.1 Å². The van der Waals surface area contributed by atoms with Crippen LogP contribution in [0.3, 0.4) is 0 Å². The maximum absolute atomic E-state index is 11.6. The van der Waals surface area contributed by atoms with Crippen molar-refractivity contribution in [2.75, 3.05) is 0 Å². The van der Waals surface area contributed by atoms with E-state index < -0.39 is 5.97 Å². The molecule has 1 N–H and O–H groups in total. The quantitative estimate of drug-likeness (QED) is 0.534. The number of hydrogen-bond acceptors (Lipinski definition) is 3. The molecular formula is C18H10BrNO3. The van der Waals surface area contributed by atoms with Crippen LogP contribution >= 0.6 is 15.9 Å². The number of rotatable bonds is 2. The third-order valence-corrected chi connectivity index (χ3v) is 4.16. The normalized spacial score (nSPS) is 11.2. The Morgan fingerprint density at radius 1 is 1.04 bits per heavy atom. The van der Waals surface area contributed by atoms with E-state index in [1.807, 2.05) is 48.5 Å². The number of nitrogens with zero attached hydrogens (tertiary/aromatic N) is 1. The predicted molar refractivity (Wildman–Crippen MR) is 91.6 cm³/mol. The highest BCUT2D eigenvalue weighted by Gasteiger charge is 2.18. The molecule has 0 spiro atoms. The van der Waals surface area contributed by atoms with E-state index in [9.17, 15) is 9.90 Å². The molecule has 112 valence electrons. The van der Waals surface area contributed by atoms with E-state index in [1.54, 1.807) is 6.07 Å². The van der Waals surface area contributed by atoms with Crippen molar-refractivity contribution < 1.29 is 14.3 Å². The van der Waals surface area contributed by atoms with E-state index in [0.717, 1.165) is 15.2 Å². The summed E-state index contributed by atoms with van der Waals surface area (Å²) in [6.07, 6.45) is 0. The van der Waals surface area contributed by atoms with Gasteiger partial charge in [-0.15, -0.1) is 0 Å². The molecule has 0 saturated heterocycles. The van der Waals surface area contributed by atoms with E-state index in [4.69, 9.17) is 4.42 Å². The highest BCUT2D eigenvalue weighted by molar-refractivity contribution is 9.10. The number of hydrogen-bond donors (Lipinski definition) is 1. The number of carboxylic acid groups (broad SMARTS) is 1. The molecule has 0 bridgehead atoms. The van der Waals surface area contributed by atoms with Gasteiger partial charge < -0.3 is 9.52 Å². The molecule has 4 aromatic rings. The summed E-state index contributed by atoms with van der Waals surface area (Å²) in [6.45, 7) is 0. The molecular weight excluding hydrogens is 358 g/mol. The molecule has 0 amide bonds. The zero-order chi connectivity index (χ0) is 16.0. The number of carboxylic acids is 1. The van der Waals surface area contributed by atoms with Crippen molar-refractivity contribution >= 4 is 43.8 Å². The lowest BCUT2D eigenvalue weighted by atomic mass is 10.1. The fourth-order valence-electron chi connectivity index (χ4n) is 2.60. The highest BCUT2D eigenvalue weighted by Crippen LogP contribution is 2.31. The zero-order valence-corrected chi connectivity index (χ0v) is 13.4. The van der Waals surface area contributed by atoms with E-state index in [0.29, 0.717) is 22.6 Å². The molecule has 0 aliphatic rings. The molecule has 5 heteroatoms. The van der Waals surface area contributed by atoms with Gasteiger partial charge in [0.25, 0.3) is 0 Å². The van der Waals surface area contributed by atoms with Gasteiger partial charge in [-0.05, 0) is 36.4 Å². The maximum atomic E-state index is 11.6. The van der Waals surface area contributed by atoms with E-state index >= 15 is 0 Å². The minimum absolute atomic E-state index is 0.120. The molecule has 0 aliphatic heterocycles. The smallest absolute Gasteiger partial charge is 0.338 e. The van der Waals surface area contributed by atoms with Crippen molar-refractivity contribution in [3.05, 3.63) is 64.6 Å². The summed E-state index contributed by atoms with van der Waals surface area (Å²) in [7, 11) is 0. The number of aromatic nitrogens is 1. The van der Waals surface area contributed by atoms with Crippen LogP contribution in [-0.2, 0) is 0 Å². The topological polar surface area (TPSA) is 63.3 Å². The molecule has 2 heterocycles. The second-order valence-corrected chi connectivity index (χ2v) is 6.09. The fourth-order valence-corrected chi connectivity index (χ4v) is 2.98. The van der Waals surface area contributed by atoms with Crippen molar-refractivity contribution in [1.82, 2.24) is 4.98 Å². The average Bonchev–Trinajstić information content (AvgIpc) is 2.97. The number of para-hydroxylation sites is 1. The van der Waals surface area contributed by atoms with Crippen LogP contribution in [0.25, 0.3) is 33.3 Å². The Bertz CT molecular complexity index is 1040. The van der Waals surface area contributed by atoms with Crippen molar-refractivity contribution in [3.8, 4) is 11.5 Å². The number of carbonyl (C=O) groups is 1. The molecule has 2 aromatic heterocycles. The number of fused-ring (bicyclic) bond motifs is 2. The summed E-state index contributed by atoms with van der Waals surface area (Å²) in [4.78, 5) is 16.2. The lowest BCUT2D eigenvalue weighted by molar-refractivity contribution is 0.0697. The largest absolute Gasteiger partial charge is 0.478 e. The Balaban J connectivity index is 2.02. The Morgan fingerprint density at radius 2 is 1.87 bits per heavy atom. The number of aromatic carboxylic acids is 1. The van der Waals surface area contributed by atoms with Gasteiger partial charge in [-0.2, -0.15) is 0 Å². The van der Waals surface area contributed by atoms with E-state index in [1.165, 1.54) is 0 Å². The van der Waals surface area contributed by atoms with Crippen molar-refractivity contribution in [1.29, 1.82) is 0 Å². The SMILES string of the molecule is O=C(O)c1cc2cc(Br)ccc2nc1-c1cc2ccccc2o1. The van der Waals surface area contributed by atoms with Crippen LogP contribution in [0, 0.1) is 0 Å². The number of halogens is 1. The van der Waals surface area contributed by atoms with Gasteiger partial charge in [0, 0.05) is 15.2 Å². The molecule has 0 atom stereocenters. The third kappa shape index (κ3) is 2.39. The summed E-state index contributed by atoms with van der Waals surface area (Å²) < 4.78 is 6.66. The molecule has 23 heavy (non-hydrogen) atoms. The molecule has 0 aliphatic carbocycles. The van der Waals surface area contributed by atoms with Crippen molar-refractivity contribution in [3.63, 3.8) is 0 Å². The van der Waals surface area contributed by atoms with Gasteiger partial charge in [0.1, 0.15) is 11.3 Å². The summed E-state index contributed by atoms with van der Waals surface area (Å²) in [5, 5.41) is 11.2. The Hall–Kier alpha value is -2.66. The summed E-state index contributed by atoms with van der Waals surface area (Å²) in [5.41, 5.74) is 1.88.